The van der Waals surface area contributed by atoms with Gasteiger partial charge in [0.25, 0.3) is 0 Å². The van der Waals surface area contributed by atoms with E-state index in [1.54, 1.807) is 11.3 Å². The second kappa shape index (κ2) is 6.14. The second-order valence-electron chi connectivity index (χ2n) is 3.71. The molecule has 1 heterocycles. The van der Waals surface area contributed by atoms with Gasteiger partial charge in [0.1, 0.15) is 0 Å². The van der Waals surface area contributed by atoms with Crippen molar-refractivity contribution < 1.29 is 0 Å². The standard InChI is InChI=1S/C13H13Br2NS/c1-2-16-13(9-5-6-17-8-9)11-7-10(14)3-4-12(11)15/h3-8,13,16H,2H2,1H3. The maximum absolute atomic E-state index is 3.63. The van der Waals surface area contributed by atoms with Gasteiger partial charge in [-0.3, -0.25) is 0 Å². The van der Waals surface area contributed by atoms with Gasteiger partial charge in [0.2, 0.25) is 0 Å². The van der Waals surface area contributed by atoms with Crippen molar-refractivity contribution in [3.05, 3.63) is 55.1 Å². The number of thiophene rings is 1. The van der Waals surface area contributed by atoms with Crippen molar-refractivity contribution in [3.8, 4) is 0 Å². The van der Waals surface area contributed by atoms with E-state index in [1.807, 2.05) is 6.07 Å². The molecule has 1 N–H and O–H groups in total. The average molecular weight is 375 g/mol. The molecule has 0 aliphatic heterocycles. The minimum absolute atomic E-state index is 0.248. The number of benzene rings is 1. The molecule has 0 amide bonds. The number of nitrogens with one attached hydrogen (secondary N) is 1. The maximum atomic E-state index is 3.63. The predicted octanol–water partition coefficient (Wildman–Crippen LogP) is 4.97. The zero-order valence-corrected chi connectivity index (χ0v) is 13.4. The summed E-state index contributed by atoms with van der Waals surface area (Å²) < 4.78 is 2.24. The monoisotopic (exact) mass is 373 g/mol. The Bertz CT molecular complexity index is 482. The SMILES string of the molecule is CCNC(c1ccsc1)c1cc(Br)ccc1Br. The van der Waals surface area contributed by atoms with Crippen LogP contribution in [0.5, 0.6) is 0 Å². The van der Waals surface area contributed by atoms with Gasteiger partial charge in [-0.1, -0.05) is 38.8 Å². The molecule has 0 fully saturated rings. The van der Waals surface area contributed by atoms with Crippen LogP contribution in [-0.4, -0.2) is 6.54 Å². The van der Waals surface area contributed by atoms with E-state index in [1.165, 1.54) is 11.1 Å². The van der Waals surface area contributed by atoms with Crippen LogP contribution < -0.4 is 5.32 Å². The van der Waals surface area contributed by atoms with E-state index in [4.69, 9.17) is 0 Å². The van der Waals surface area contributed by atoms with Gasteiger partial charge in [0.15, 0.2) is 0 Å². The van der Waals surface area contributed by atoms with Crippen molar-refractivity contribution in [2.75, 3.05) is 6.54 Å². The molecule has 0 aliphatic rings. The molecule has 17 heavy (non-hydrogen) atoms. The normalized spacial score (nSPS) is 12.6. The van der Waals surface area contributed by atoms with Crippen LogP contribution in [0.4, 0.5) is 0 Å². The zero-order valence-electron chi connectivity index (χ0n) is 9.41. The molecule has 0 saturated heterocycles. The topological polar surface area (TPSA) is 12.0 Å². The summed E-state index contributed by atoms with van der Waals surface area (Å²) >= 11 is 8.89. The predicted molar refractivity (Wildman–Crippen MR) is 81.7 cm³/mol. The fourth-order valence-corrected chi connectivity index (χ4v) is 3.33. The second-order valence-corrected chi connectivity index (χ2v) is 6.26. The molecule has 0 radical (unpaired) electrons. The van der Waals surface area contributed by atoms with Crippen molar-refractivity contribution >= 4 is 43.2 Å². The number of hydrogen-bond donors (Lipinski definition) is 1. The summed E-state index contributed by atoms with van der Waals surface area (Å²) in [5, 5.41) is 7.84. The zero-order chi connectivity index (χ0) is 12.3. The Morgan fingerprint density at radius 1 is 1.29 bits per heavy atom. The Labute approximate surface area is 123 Å². The average Bonchev–Trinajstić information content (AvgIpc) is 2.83. The number of rotatable bonds is 4. The fraction of sp³-hybridized carbons (Fsp3) is 0.231. The van der Waals surface area contributed by atoms with Crippen LogP contribution in [0.15, 0.2) is 44.0 Å². The number of halogens is 2. The molecule has 2 rings (SSSR count). The van der Waals surface area contributed by atoms with Crippen molar-refractivity contribution in [1.82, 2.24) is 5.32 Å². The highest BCUT2D eigenvalue weighted by Crippen LogP contribution is 2.31. The van der Waals surface area contributed by atoms with E-state index in [0.717, 1.165) is 15.5 Å². The molecule has 0 saturated carbocycles. The summed E-state index contributed by atoms with van der Waals surface area (Å²) in [5.41, 5.74) is 2.58. The van der Waals surface area contributed by atoms with E-state index < -0.39 is 0 Å². The van der Waals surface area contributed by atoms with Gasteiger partial charge in [0, 0.05) is 8.95 Å². The van der Waals surface area contributed by atoms with Crippen molar-refractivity contribution in [2.24, 2.45) is 0 Å². The Balaban J connectivity index is 2.42. The minimum Gasteiger partial charge on any atom is -0.306 e. The van der Waals surface area contributed by atoms with Crippen LogP contribution in [0.3, 0.4) is 0 Å². The highest BCUT2D eigenvalue weighted by molar-refractivity contribution is 9.11. The van der Waals surface area contributed by atoms with Gasteiger partial charge in [-0.2, -0.15) is 11.3 Å². The van der Waals surface area contributed by atoms with Gasteiger partial charge in [-0.05, 0) is 52.7 Å². The quantitative estimate of drug-likeness (QED) is 0.796. The first-order valence-electron chi connectivity index (χ1n) is 5.42. The Kier molecular flexibility index (Phi) is 4.79. The molecule has 1 atom stereocenters. The lowest BCUT2D eigenvalue weighted by Gasteiger charge is -2.19. The first-order valence-corrected chi connectivity index (χ1v) is 7.95. The first kappa shape index (κ1) is 13.3. The van der Waals surface area contributed by atoms with Crippen molar-refractivity contribution in [2.45, 2.75) is 13.0 Å². The van der Waals surface area contributed by atoms with E-state index >= 15 is 0 Å². The van der Waals surface area contributed by atoms with Gasteiger partial charge < -0.3 is 5.32 Å². The lowest BCUT2D eigenvalue weighted by molar-refractivity contribution is 0.630. The van der Waals surface area contributed by atoms with E-state index in [9.17, 15) is 0 Å². The molecule has 0 spiro atoms. The summed E-state index contributed by atoms with van der Waals surface area (Å²) in [6, 6.07) is 8.71. The van der Waals surface area contributed by atoms with E-state index in [-0.39, 0.29) is 6.04 Å². The Morgan fingerprint density at radius 2 is 2.12 bits per heavy atom. The van der Waals surface area contributed by atoms with Crippen molar-refractivity contribution in [3.63, 3.8) is 0 Å². The Hall–Kier alpha value is -0.160. The maximum Gasteiger partial charge on any atom is 0.0596 e. The van der Waals surface area contributed by atoms with Crippen LogP contribution in [0.2, 0.25) is 0 Å². The summed E-state index contributed by atoms with van der Waals surface area (Å²) in [7, 11) is 0. The summed E-state index contributed by atoms with van der Waals surface area (Å²) in [5.74, 6) is 0. The molecule has 0 bridgehead atoms. The van der Waals surface area contributed by atoms with Crippen LogP contribution in [-0.2, 0) is 0 Å². The first-order chi connectivity index (χ1) is 8.22. The van der Waals surface area contributed by atoms with E-state index in [0.29, 0.717) is 0 Å². The highest BCUT2D eigenvalue weighted by Gasteiger charge is 2.16. The number of hydrogen-bond acceptors (Lipinski definition) is 2. The third kappa shape index (κ3) is 3.19. The van der Waals surface area contributed by atoms with Crippen LogP contribution in [0.25, 0.3) is 0 Å². The highest BCUT2D eigenvalue weighted by atomic mass is 79.9. The lowest BCUT2D eigenvalue weighted by Crippen LogP contribution is -2.21. The van der Waals surface area contributed by atoms with Crippen LogP contribution in [0, 0.1) is 0 Å². The van der Waals surface area contributed by atoms with Gasteiger partial charge in [0.05, 0.1) is 6.04 Å². The van der Waals surface area contributed by atoms with Crippen LogP contribution in [0.1, 0.15) is 24.1 Å². The largest absolute Gasteiger partial charge is 0.306 e. The third-order valence-corrected chi connectivity index (χ3v) is 4.47. The fourth-order valence-electron chi connectivity index (χ4n) is 1.79. The molecular weight excluding hydrogens is 362 g/mol. The summed E-state index contributed by atoms with van der Waals surface area (Å²) in [6.45, 7) is 3.07. The molecule has 1 nitrogen and oxygen atoms in total. The van der Waals surface area contributed by atoms with Gasteiger partial charge in [-0.15, -0.1) is 0 Å². The molecule has 90 valence electrons. The molecule has 1 aromatic heterocycles. The smallest absolute Gasteiger partial charge is 0.0596 e. The molecule has 1 unspecified atom stereocenters. The molecule has 4 heteroatoms. The molecule has 2 aromatic rings. The Morgan fingerprint density at radius 3 is 2.76 bits per heavy atom. The van der Waals surface area contributed by atoms with E-state index in [2.05, 4.69) is 73.1 Å². The molecular formula is C13H13Br2NS. The third-order valence-electron chi connectivity index (χ3n) is 2.55. The summed E-state index contributed by atoms with van der Waals surface area (Å²) in [6.07, 6.45) is 0. The van der Waals surface area contributed by atoms with Gasteiger partial charge in [-0.25, -0.2) is 0 Å². The van der Waals surface area contributed by atoms with Gasteiger partial charge >= 0.3 is 0 Å². The summed E-state index contributed by atoms with van der Waals surface area (Å²) in [4.78, 5) is 0. The van der Waals surface area contributed by atoms with Crippen LogP contribution >= 0.6 is 43.2 Å². The lowest BCUT2D eigenvalue weighted by atomic mass is 10.0. The minimum atomic E-state index is 0.248. The molecule has 0 aliphatic carbocycles. The molecule has 1 aromatic carbocycles. The van der Waals surface area contributed by atoms with Crippen molar-refractivity contribution in [1.29, 1.82) is 0 Å².